The topological polar surface area (TPSA) is 111 Å². The average molecular weight is 666 g/mol. The van der Waals surface area contributed by atoms with Gasteiger partial charge in [-0.2, -0.15) is 0 Å². The molecule has 1 aromatic heterocycles. The number of Topliss-reactive ketones (excluding diaryl/α,β-unsaturated/α-hetero) is 1. The van der Waals surface area contributed by atoms with Crippen LogP contribution in [-0.4, -0.2) is 40.7 Å². The summed E-state index contributed by atoms with van der Waals surface area (Å²) < 4.78 is 18.0. The SMILES string of the molecule is CCOc1cc(C2/C(=C(\O)c3ccc(OC)cc3)C(=O)C(=O)N2c2nnc(SCc3ccccc3)s2)ccc1OCc1ccccc1. The van der Waals surface area contributed by atoms with Gasteiger partial charge in [0.25, 0.3) is 5.78 Å². The van der Waals surface area contributed by atoms with Crippen LogP contribution in [0.5, 0.6) is 17.2 Å². The van der Waals surface area contributed by atoms with Crippen molar-refractivity contribution in [3.05, 3.63) is 131 Å². The molecule has 1 amide bonds. The van der Waals surface area contributed by atoms with Gasteiger partial charge in [0.2, 0.25) is 5.13 Å². The Kier molecular flexibility index (Phi) is 9.84. The number of rotatable bonds is 12. The van der Waals surface area contributed by atoms with Gasteiger partial charge in [-0.15, -0.1) is 10.2 Å². The predicted molar refractivity (Wildman–Crippen MR) is 182 cm³/mol. The summed E-state index contributed by atoms with van der Waals surface area (Å²) in [4.78, 5) is 28.8. The van der Waals surface area contributed by atoms with Crippen molar-refractivity contribution in [3.8, 4) is 17.2 Å². The first-order valence-electron chi connectivity index (χ1n) is 14.9. The van der Waals surface area contributed by atoms with E-state index in [4.69, 9.17) is 14.2 Å². The van der Waals surface area contributed by atoms with Crippen LogP contribution in [0.15, 0.2) is 113 Å². The zero-order valence-corrected chi connectivity index (χ0v) is 27.3. The molecule has 0 saturated carbocycles. The van der Waals surface area contributed by atoms with Crippen LogP contribution in [0.3, 0.4) is 0 Å². The van der Waals surface area contributed by atoms with Crippen molar-refractivity contribution in [2.24, 2.45) is 0 Å². The predicted octanol–water partition coefficient (Wildman–Crippen LogP) is 7.44. The van der Waals surface area contributed by atoms with E-state index in [9.17, 15) is 14.7 Å². The minimum atomic E-state index is -1.01. The molecule has 6 rings (SSSR count). The summed E-state index contributed by atoms with van der Waals surface area (Å²) in [6, 6.07) is 30.6. The number of nitrogens with zero attached hydrogens (tertiary/aromatic N) is 3. The van der Waals surface area contributed by atoms with Crippen molar-refractivity contribution in [1.29, 1.82) is 0 Å². The van der Waals surface area contributed by atoms with Crippen LogP contribution in [0.25, 0.3) is 5.76 Å². The third kappa shape index (κ3) is 7.01. The number of carbonyl (C=O) groups is 2. The van der Waals surface area contributed by atoms with Gasteiger partial charge in [-0.05, 0) is 60.0 Å². The lowest BCUT2D eigenvalue weighted by molar-refractivity contribution is -0.132. The average Bonchev–Trinajstić information content (AvgIpc) is 3.69. The van der Waals surface area contributed by atoms with E-state index in [1.165, 1.54) is 35.1 Å². The molecular weight excluding hydrogens is 635 g/mol. The van der Waals surface area contributed by atoms with Gasteiger partial charge in [-0.1, -0.05) is 89.8 Å². The molecule has 1 unspecified atom stereocenters. The van der Waals surface area contributed by atoms with Crippen LogP contribution < -0.4 is 19.1 Å². The van der Waals surface area contributed by atoms with E-state index >= 15 is 0 Å². The molecule has 0 aliphatic carbocycles. The first-order valence-corrected chi connectivity index (χ1v) is 16.7. The number of aliphatic hydroxyl groups excluding tert-OH is 1. The zero-order valence-electron chi connectivity index (χ0n) is 25.7. The Bertz CT molecular complexity index is 1900. The van der Waals surface area contributed by atoms with E-state index in [2.05, 4.69) is 10.2 Å². The van der Waals surface area contributed by atoms with Gasteiger partial charge in [0.15, 0.2) is 15.8 Å². The molecule has 4 aromatic carbocycles. The highest BCUT2D eigenvalue weighted by Gasteiger charge is 2.48. The van der Waals surface area contributed by atoms with Crippen molar-refractivity contribution in [2.75, 3.05) is 18.6 Å². The smallest absolute Gasteiger partial charge is 0.301 e. The van der Waals surface area contributed by atoms with Crippen LogP contribution in [0.2, 0.25) is 0 Å². The van der Waals surface area contributed by atoms with Crippen molar-refractivity contribution in [1.82, 2.24) is 10.2 Å². The van der Waals surface area contributed by atoms with Gasteiger partial charge in [-0.25, -0.2) is 0 Å². The quantitative estimate of drug-likeness (QED) is 0.0478. The monoisotopic (exact) mass is 665 g/mol. The number of aromatic nitrogens is 2. The summed E-state index contributed by atoms with van der Waals surface area (Å²) in [5.41, 5.74) is 2.92. The van der Waals surface area contributed by atoms with E-state index in [1.54, 1.807) is 42.5 Å². The molecule has 9 nitrogen and oxygen atoms in total. The Labute approximate surface area is 280 Å². The fraction of sp³-hybridized carbons (Fsp3) is 0.167. The zero-order chi connectivity index (χ0) is 32.8. The molecule has 1 aliphatic rings. The summed E-state index contributed by atoms with van der Waals surface area (Å²) in [7, 11) is 1.54. The lowest BCUT2D eigenvalue weighted by Gasteiger charge is -2.23. The molecule has 5 aromatic rings. The Balaban J connectivity index is 1.40. The van der Waals surface area contributed by atoms with Crippen LogP contribution in [0.1, 0.15) is 35.2 Å². The number of amides is 1. The van der Waals surface area contributed by atoms with E-state index in [1.807, 2.05) is 67.6 Å². The fourth-order valence-electron chi connectivity index (χ4n) is 5.14. The van der Waals surface area contributed by atoms with Gasteiger partial charge >= 0.3 is 5.91 Å². The summed E-state index contributed by atoms with van der Waals surface area (Å²) in [6.45, 7) is 2.54. The van der Waals surface area contributed by atoms with Crippen LogP contribution in [-0.2, 0) is 21.9 Å². The second-order valence-corrected chi connectivity index (χ2v) is 12.6. The third-order valence-corrected chi connectivity index (χ3v) is 9.56. The molecule has 1 saturated heterocycles. The minimum absolute atomic E-state index is 0.0748. The van der Waals surface area contributed by atoms with Crippen molar-refractivity contribution < 1.29 is 28.9 Å². The summed E-state index contributed by atoms with van der Waals surface area (Å²) in [5, 5.41) is 20.4. The van der Waals surface area contributed by atoms with Crippen molar-refractivity contribution in [2.45, 2.75) is 29.7 Å². The Morgan fingerprint density at radius 2 is 1.57 bits per heavy atom. The molecular formula is C36H31N3O6S2. The minimum Gasteiger partial charge on any atom is -0.507 e. The van der Waals surface area contributed by atoms with Crippen LogP contribution in [0, 0.1) is 0 Å². The standard InChI is InChI=1S/C36H31N3O6S2/c1-3-44-29-20-26(16-19-28(29)45-21-23-10-6-4-7-11-23)31-30(32(40)25-14-17-27(43-2)18-15-25)33(41)34(42)39(31)35-37-38-36(47-35)46-22-24-12-8-5-9-13-24/h4-20,31,40H,3,21-22H2,1-2H3/b32-30+. The maximum absolute atomic E-state index is 13.7. The van der Waals surface area contributed by atoms with Gasteiger partial charge in [0.05, 0.1) is 25.3 Å². The van der Waals surface area contributed by atoms with Gasteiger partial charge < -0.3 is 19.3 Å². The fourth-order valence-corrected chi connectivity index (χ4v) is 6.97. The highest BCUT2D eigenvalue weighted by atomic mass is 32.2. The number of benzene rings is 4. The Hall–Kier alpha value is -5.13. The number of anilines is 1. The van der Waals surface area contributed by atoms with E-state index in [0.29, 0.717) is 51.7 Å². The molecule has 11 heteroatoms. The normalized spacial score (nSPS) is 15.5. The molecule has 238 valence electrons. The van der Waals surface area contributed by atoms with Crippen molar-refractivity contribution >= 4 is 45.7 Å². The molecule has 1 atom stereocenters. The molecule has 2 heterocycles. The number of hydrogen-bond donors (Lipinski definition) is 1. The van der Waals surface area contributed by atoms with Crippen LogP contribution >= 0.6 is 23.1 Å². The molecule has 0 radical (unpaired) electrons. The lowest BCUT2D eigenvalue weighted by atomic mass is 9.95. The van der Waals surface area contributed by atoms with Gasteiger partial charge in [0.1, 0.15) is 18.1 Å². The van der Waals surface area contributed by atoms with E-state index < -0.39 is 17.7 Å². The summed E-state index contributed by atoms with van der Waals surface area (Å²) >= 11 is 2.69. The first kappa shape index (κ1) is 31.8. The first-order chi connectivity index (χ1) is 23.0. The van der Waals surface area contributed by atoms with Gasteiger partial charge in [-0.3, -0.25) is 14.5 Å². The van der Waals surface area contributed by atoms with E-state index in [-0.39, 0.29) is 16.5 Å². The highest BCUT2D eigenvalue weighted by molar-refractivity contribution is 8.00. The maximum Gasteiger partial charge on any atom is 0.301 e. The lowest BCUT2D eigenvalue weighted by Crippen LogP contribution is -2.29. The molecule has 1 aliphatic heterocycles. The second-order valence-electron chi connectivity index (χ2n) is 10.4. The summed E-state index contributed by atoms with van der Waals surface area (Å²) in [5.74, 6) is 0.221. The Morgan fingerprint density at radius 3 is 2.26 bits per heavy atom. The molecule has 0 bridgehead atoms. The molecule has 1 fully saturated rings. The molecule has 1 N–H and O–H groups in total. The number of carbonyl (C=O) groups excluding carboxylic acids is 2. The number of ketones is 1. The maximum atomic E-state index is 13.7. The third-order valence-electron chi connectivity index (χ3n) is 7.44. The second kappa shape index (κ2) is 14.5. The number of thioether (sulfide) groups is 1. The number of ether oxygens (including phenoxy) is 3. The van der Waals surface area contributed by atoms with Crippen LogP contribution in [0.4, 0.5) is 5.13 Å². The van der Waals surface area contributed by atoms with Gasteiger partial charge in [0, 0.05) is 11.3 Å². The highest BCUT2D eigenvalue weighted by Crippen LogP contribution is 2.46. The van der Waals surface area contributed by atoms with Crippen molar-refractivity contribution in [3.63, 3.8) is 0 Å². The van der Waals surface area contributed by atoms with E-state index in [0.717, 1.165) is 11.1 Å². The number of aliphatic hydroxyl groups is 1. The molecule has 47 heavy (non-hydrogen) atoms. The number of hydrogen-bond acceptors (Lipinski definition) is 10. The summed E-state index contributed by atoms with van der Waals surface area (Å²) in [6.07, 6.45) is 0. The largest absolute Gasteiger partial charge is 0.507 e. The molecule has 0 spiro atoms. The Morgan fingerprint density at radius 1 is 0.872 bits per heavy atom. The number of methoxy groups -OCH3 is 1.